The van der Waals surface area contributed by atoms with Crippen LogP contribution in [0.5, 0.6) is 0 Å². The van der Waals surface area contributed by atoms with Gasteiger partial charge in [0, 0.05) is 31.4 Å². The Labute approximate surface area is 202 Å². The predicted molar refractivity (Wildman–Crippen MR) is 135 cm³/mol. The predicted octanol–water partition coefficient (Wildman–Crippen LogP) is 4.32. The summed E-state index contributed by atoms with van der Waals surface area (Å²) in [6.07, 6.45) is 3.85. The van der Waals surface area contributed by atoms with Crippen LogP contribution in [0.25, 0.3) is 0 Å². The normalized spacial score (nSPS) is 20.5. The number of benzene rings is 2. The standard InChI is InChI=1S/C28H35N3O3/c1-3-30(24-11-7-8-20(2)18-24)16-17-31-19-25(26(32)28(31)34)27(33)29-23-14-12-22(13-15-23)21-9-5-4-6-10-21/h4-11,18,22-23,32H,3,12-17,19H2,1-2H3,(H,29,33). The van der Waals surface area contributed by atoms with Crippen LogP contribution in [0.3, 0.4) is 0 Å². The van der Waals surface area contributed by atoms with Gasteiger partial charge in [0.2, 0.25) is 0 Å². The summed E-state index contributed by atoms with van der Waals surface area (Å²) >= 11 is 0. The number of likely N-dealkylation sites (N-methyl/N-ethyl adjacent to an activating group) is 1. The summed E-state index contributed by atoms with van der Waals surface area (Å²) in [5.41, 5.74) is 3.84. The summed E-state index contributed by atoms with van der Waals surface area (Å²) in [4.78, 5) is 29.3. The number of anilines is 1. The first-order valence-corrected chi connectivity index (χ1v) is 12.3. The van der Waals surface area contributed by atoms with Gasteiger partial charge in [0.15, 0.2) is 5.76 Å². The second kappa shape index (κ2) is 10.8. The molecule has 0 unspecified atom stereocenters. The second-order valence-corrected chi connectivity index (χ2v) is 9.41. The molecule has 0 radical (unpaired) electrons. The molecule has 6 nitrogen and oxygen atoms in total. The van der Waals surface area contributed by atoms with E-state index in [1.165, 1.54) is 11.1 Å². The number of aliphatic hydroxyl groups is 1. The maximum Gasteiger partial charge on any atom is 0.289 e. The number of hydrogen-bond acceptors (Lipinski definition) is 4. The monoisotopic (exact) mass is 461 g/mol. The minimum Gasteiger partial charge on any atom is -0.503 e. The van der Waals surface area contributed by atoms with E-state index in [9.17, 15) is 14.7 Å². The van der Waals surface area contributed by atoms with Gasteiger partial charge in [-0.05, 0) is 68.7 Å². The van der Waals surface area contributed by atoms with Crippen LogP contribution >= 0.6 is 0 Å². The fraction of sp³-hybridized carbons (Fsp3) is 0.429. The van der Waals surface area contributed by atoms with Crippen molar-refractivity contribution in [1.82, 2.24) is 10.2 Å². The van der Waals surface area contributed by atoms with Crippen LogP contribution in [0, 0.1) is 6.92 Å². The Morgan fingerprint density at radius 3 is 2.50 bits per heavy atom. The molecule has 2 aromatic carbocycles. The fourth-order valence-electron chi connectivity index (χ4n) is 5.08. The molecule has 0 spiro atoms. The smallest absolute Gasteiger partial charge is 0.289 e. The molecular formula is C28H35N3O3. The van der Waals surface area contributed by atoms with E-state index in [4.69, 9.17) is 0 Å². The van der Waals surface area contributed by atoms with Crippen molar-refractivity contribution in [2.45, 2.75) is 51.5 Å². The van der Waals surface area contributed by atoms with Crippen LogP contribution in [-0.2, 0) is 9.59 Å². The van der Waals surface area contributed by atoms with Gasteiger partial charge in [-0.3, -0.25) is 9.59 Å². The van der Waals surface area contributed by atoms with Gasteiger partial charge >= 0.3 is 0 Å². The van der Waals surface area contributed by atoms with E-state index in [2.05, 4.69) is 66.5 Å². The number of carbonyl (C=O) groups is 2. The van der Waals surface area contributed by atoms with E-state index in [0.717, 1.165) is 37.9 Å². The molecule has 34 heavy (non-hydrogen) atoms. The molecule has 1 saturated carbocycles. The summed E-state index contributed by atoms with van der Waals surface area (Å²) in [5.74, 6) is -0.657. The third-order valence-electron chi connectivity index (χ3n) is 7.12. The highest BCUT2D eigenvalue weighted by atomic mass is 16.3. The lowest BCUT2D eigenvalue weighted by Gasteiger charge is -2.29. The molecule has 0 atom stereocenters. The lowest BCUT2D eigenvalue weighted by Crippen LogP contribution is -2.40. The minimum absolute atomic E-state index is 0.0776. The molecule has 1 fully saturated rings. The number of hydrogen-bond donors (Lipinski definition) is 2. The van der Waals surface area contributed by atoms with E-state index in [1.807, 2.05) is 12.1 Å². The third kappa shape index (κ3) is 5.44. The molecule has 4 rings (SSSR count). The Kier molecular flexibility index (Phi) is 7.56. The first-order valence-electron chi connectivity index (χ1n) is 12.3. The molecule has 1 heterocycles. The van der Waals surface area contributed by atoms with Gasteiger partial charge < -0.3 is 20.2 Å². The van der Waals surface area contributed by atoms with Gasteiger partial charge in [-0.2, -0.15) is 0 Å². The molecule has 0 bridgehead atoms. The molecule has 6 heteroatoms. The Hall–Kier alpha value is -3.28. The second-order valence-electron chi connectivity index (χ2n) is 9.41. The van der Waals surface area contributed by atoms with Crippen LogP contribution in [0.1, 0.15) is 49.7 Å². The molecule has 2 N–H and O–H groups in total. The SMILES string of the molecule is CCN(CCN1CC(C(=O)NC2CCC(c3ccccc3)CC2)=C(O)C1=O)c1cccc(C)c1. The molecule has 1 aliphatic carbocycles. The molecule has 1 aliphatic heterocycles. The van der Waals surface area contributed by atoms with Crippen LogP contribution in [0.4, 0.5) is 5.69 Å². The Balaban J connectivity index is 1.29. The first kappa shape index (κ1) is 23.9. The highest BCUT2D eigenvalue weighted by Crippen LogP contribution is 2.33. The van der Waals surface area contributed by atoms with E-state index in [1.54, 1.807) is 4.90 Å². The fourth-order valence-corrected chi connectivity index (χ4v) is 5.08. The van der Waals surface area contributed by atoms with Gasteiger partial charge in [-0.1, -0.05) is 42.5 Å². The molecule has 180 valence electrons. The number of carbonyl (C=O) groups excluding carboxylic acids is 2. The largest absolute Gasteiger partial charge is 0.503 e. The number of aliphatic hydroxyl groups excluding tert-OH is 1. The summed E-state index contributed by atoms with van der Waals surface area (Å²) in [7, 11) is 0. The van der Waals surface area contributed by atoms with Crippen molar-refractivity contribution in [2.24, 2.45) is 0 Å². The van der Waals surface area contributed by atoms with Crippen LogP contribution in [0.15, 0.2) is 65.9 Å². The molecule has 2 amide bonds. The van der Waals surface area contributed by atoms with E-state index in [0.29, 0.717) is 19.0 Å². The summed E-state index contributed by atoms with van der Waals surface area (Å²) in [6.45, 7) is 6.18. The zero-order valence-electron chi connectivity index (χ0n) is 20.2. The van der Waals surface area contributed by atoms with Crippen LogP contribution in [-0.4, -0.2) is 54.0 Å². The molecular weight excluding hydrogens is 426 g/mol. The van der Waals surface area contributed by atoms with Gasteiger partial charge in [0.1, 0.15) is 0 Å². The molecule has 0 saturated heterocycles. The zero-order valence-corrected chi connectivity index (χ0v) is 20.2. The van der Waals surface area contributed by atoms with Gasteiger partial charge in [-0.15, -0.1) is 0 Å². The van der Waals surface area contributed by atoms with Crippen LogP contribution in [0.2, 0.25) is 0 Å². The summed E-state index contributed by atoms with van der Waals surface area (Å²) in [5, 5.41) is 13.5. The van der Waals surface area contributed by atoms with Crippen molar-refractivity contribution in [2.75, 3.05) is 31.1 Å². The zero-order chi connectivity index (χ0) is 24.1. The quantitative estimate of drug-likeness (QED) is 0.614. The van der Waals surface area contributed by atoms with Crippen molar-refractivity contribution in [3.63, 3.8) is 0 Å². The molecule has 2 aliphatic rings. The lowest BCUT2D eigenvalue weighted by atomic mass is 9.82. The van der Waals surface area contributed by atoms with Crippen LogP contribution < -0.4 is 10.2 Å². The average Bonchev–Trinajstić information content (AvgIpc) is 3.14. The summed E-state index contributed by atoms with van der Waals surface area (Å²) < 4.78 is 0. The molecule has 2 aromatic rings. The lowest BCUT2D eigenvalue weighted by molar-refractivity contribution is -0.127. The maximum absolute atomic E-state index is 12.9. The maximum atomic E-state index is 12.9. The molecule has 0 aromatic heterocycles. The van der Waals surface area contributed by atoms with Crippen molar-refractivity contribution in [3.8, 4) is 0 Å². The number of nitrogens with zero attached hydrogens (tertiary/aromatic N) is 2. The first-order chi connectivity index (χ1) is 16.5. The topological polar surface area (TPSA) is 72.9 Å². The van der Waals surface area contributed by atoms with E-state index in [-0.39, 0.29) is 24.1 Å². The highest BCUT2D eigenvalue weighted by Gasteiger charge is 2.35. The van der Waals surface area contributed by atoms with Crippen molar-refractivity contribution >= 4 is 17.5 Å². The van der Waals surface area contributed by atoms with Gasteiger partial charge in [-0.25, -0.2) is 0 Å². The summed E-state index contributed by atoms with van der Waals surface area (Å²) in [6, 6.07) is 18.9. The minimum atomic E-state index is -0.460. The van der Waals surface area contributed by atoms with Crippen molar-refractivity contribution in [1.29, 1.82) is 0 Å². The Bertz CT molecular complexity index is 1040. The van der Waals surface area contributed by atoms with Crippen molar-refractivity contribution < 1.29 is 14.7 Å². The van der Waals surface area contributed by atoms with Crippen molar-refractivity contribution in [3.05, 3.63) is 77.1 Å². The van der Waals surface area contributed by atoms with E-state index < -0.39 is 11.7 Å². The third-order valence-corrected chi connectivity index (χ3v) is 7.12. The Morgan fingerprint density at radius 2 is 1.82 bits per heavy atom. The van der Waals surface area contributed by atoms with Gasteiger partial charge in [0.25, 0.3) is 11.8 Å². The van der Waals surface area contributed by atoms with Gasteiger partial charge in [0.05, 0.1) is 12.1 Å². The average molecular weight is 462 g/mol. The highest BCUT2D eigenvalue weighted by molar-refractivity contribution is 6.07. The Morgan fingerprint density at radius 1 is 1.09 bits per heavy atom. The number of amides is 2. The van der Waals surface area contributed by atoms with E-state index >= 15 is 0 Å². The number of rotatable bonds is 8. The number of nitrogens with one attached hydrogen (secondary N) is 1. The number of aryl methyl sites for hydroxylation is 1.